The smallest absolute Gasteiger partial charge is 0.125 e. The van der Waals surface area contributed by atoms with Gasteiger partial charge in [-0.3, -0.25) is 0 Å². The molecule has 0 radical (unpaired) electrons. The molecule has 0 saturated heterocycles. The number of hydrogen-bond acceptors (Lipinski definition) is 2. The summed E-state index contributed by atoms with van der Waals surface area (Å²) in [6.07, 6.45) is 0. The van der Waals surface area contributed by atoms with Crippen molar-refractivity contribution in [2.24, 2.45) is 0 Å². The van der Waals surface area contributed by atoms with E-state index in [9.17, 15) is 4.39 Å². The highest BCUT2D eigenvalue weighted by Gasteiger charge is 1.96. The quantitative estimate of drug-likeness (QED) is 0.870. The fourth-order valence-electron chi connectivity index (χ4n) is 1.55. The van der Waals surface area contributed by atoms with Gasteiger partial charge in [0.1, 0.15) is 11.6 Å². The Morgan fingerprint density at radius 1 is 1.12 bits per heavy atom. The van der Waals surface area contributed by atoms with Crippen LogP contribution in [0.4, 0.5) is 10.1 Å². The lowest BCUT2D eigenvalue weighted by Crippen LogP contribution is -1.99. The SMILES string of the molecule is COc1ccc(CNc2cccc(F)c2)cc1. The van der Waals surface area contributed by atoms with Crippen molar-refractivity contribution in [3.8, 4) is 5.75 Å². The van der Waals surface area contributed by atoms with Crippen LogP contribution in [0.15, 0.2) is 48.5 Å². The average molecular weight is 231 g/mol. The van der Waals surface area contributed by atoms with Crippen LogP contribution in [-0.4, -0.2) is 7.11 Å². The fraction of sp³-hybridized carbons (Fsp3) is 0.143. The van der Waals surface area contributed by atoms with Crippen LogP contribution >= 0.6 is 0 Å². The molecule has 88 valence electrons. The second-order valence-corrected chi connectivity index (χ2v) is 3.71. The lowest BCUT2D eigenvalue weighted by molar-refractivity contribution is 0.414. The molecule has 2 rings (SSSR count). The largest absolute Gasteiger partial charge is 0.497 e. The van der Waals surface area contributed by atoms with E-state index in [1.165, 1.54) is 12.1 Å². The molecular formula is C14H14FNO. The molecule has 0 amide bonds. The van der Waals surface area contributed by atoms with E-state index in [4.69, 9.17) is 4.74 Å². The number of ether oxygens (including phenoxy) is 1. The first kappa shape index (κ1) is 11.5. The zero-order valence-corrected chi connectivity index (χ0v) is 9.61. The van der Waals surface area contributed by atoms with Crippen LogP contribution in [0.2, 0.25) is 0 Å². The maximum Gasteiger partial charge on any atom is 0.125 e. The first-order valence-electron chi connectivity index (χ1n) is 5.40. The minimum absolute atomic E-state index is 0.232. The second-order valence-electron chi connectivity index (χ2n) is 3.71. The van der Waals surface area contributed by atoms with Gasteiger partial charge in [-0.05, 0) is 35.9 Å². The molecule has 0 spiro atoms. The number of halogens is 1. The van der Waals surface area contributed by atoms with Crippen LogP contribution in [0.25, 0.3) is 0 Å². The van der Waals surface area contributed by atoms with Gasteiger partial charge in [-0.2, -0.15) is 0 Å². The molecule has 0 atom stereocenters. The molecule has 2 aromatic carbocycles. The monoisotopic (exact) mass is 231 g/mol. The molecule has 0 unspecified atom stereocenters. The number of methoxy groups -OCH3 is 1. The Kier molecular flexibility index (Phi) is 3.60. The Bertz CT molecular complexity index is 482. The van der Waals surface area contributed by atoms with Crippen molar-refractivity contribution >= 4 is 5.69 Å². The fourth-order valence-corrected chi connectivity index (χ4v) is 1.55. The maximum absolute atomic E-state index is 12.9. The maximum atomic E-state index is 12.9. The van der Waals surface area contributed by atoms with E-state index in [0.29, 0.717) is 6.54 Å². The van der Waals surface area contributed by atoms with Crippen LogP contribution in [0.5, 0.6) is 5.75 Å². The lowest BCUT2D eigenvalue weighted by atomic mass is 10.2. The van der Waals surface area contributed by atoms with E-state index >= 15 is 0 Å². The van der Waals surface area contributed by atoms with E-state index in [1.54, 1.807) is 13.2 Å². The summed E-state index contributed by atoms with van der Waals surface area (Å²) in [4.78, 5) is 0. The summed E-state index contributed by atoms with van der Waals surface area (Å²) in [5, 5.41) is 3.16. The van der Waals surface area contributed by atoms with Gasteiger partial charge in [-0.25, -0.2) is 4.39 Å². The number of hydrogen-bond donors (Lipinski definition) is 1. The minimum Gasteiger partial charge on any atom is -0.497 e. The molecule has 0 aromatic heterocycles. The molecule has 2 aromatic rings. The van der Waals surface area contributed by atoms with Crippen molar-refractivity contribution in [1.29, 1.82) is 0 Å². The molecule has 0 heterocycles. The van der Waals surface area contributed by atoms with Gasteiger partial charge < -0.3 is 10.1 Å². The molecule has 0 aliphatic rings. The van der Waals surface area contributed by atoms with Crippen molar-refractivity contribution < 1.29 is 9.13 Å². The van der Waals surface area contributed by atoms with Crippen LogP contribution < -0.4 is 10.1 Å². The summed E-state index contributed by atoms with van der Waals surface area (Å²) in [7, 11) is 1.64. The predicted molar refractivity (Wildman–Crippen MR) is 66.7 cm³/mol. The highest BCUT2D eigenvalue weighted by molar-refractivity contribution is 5.44. The van der Waals surface area contributed by atoms with Gasteiger partial charge in [0.15, 0.2) is 0 Å². The Morgan fingerprint density at radius 2 is 1.88 bits per heavy atom. The van der Waals surface area contributed by atoms with Crippen LogP contribution in [0, 0.1) is 5.82 Å². The molecule has 1 N–H and O–H groups in total. The summed E-state index contributed by atoms with van der Waals surface area (Å²) in [6, 6.07) is 14.2. The predicted octanol–water partition coefficient (Wildman–Crippen LogP) is 3.45. The summed E-state index contributed by atoms with van der Waals surface area (Å²) in [5.41, 5.74) is 1.90. The van der Waals surface area contributed by atoms with E-state index in [1.807, 2.05) is 30.3 Å². The van der Waals surface area contributed by atoms with Gasteiger partial charge in [-0.15, -0.1) is 0 Å². The Balaban J connectivity index is 1.97. The summed E-state index contributed by atoms with van der Waals surface area (Å²) >= 11 is 0. The van der Waals surface area contributed by atoms with Gasteiger partial charge in [-0.1, -0.05) is 18.2 Å². The molecule has 0 saturated carbocycles. The Morgan fingerprint density at radius 3 is 2.53 bits per heavy atom. The molecule has 0 bridgehead atoms. The van der Waals surface area contributed by atoms with Crippen molar-refractivity contribution in [3.63, 3.8) is 0 Å². The molecule has 0 aliphatic carbocycles. The third kappa shape index (κ3) is 3.21. The third-order valence-corrected chi connectivity index (χ3v) is 2.48. The van der Waals surface area contributed by atoms with E-state index < -0.39 is 0 Å². The van der Waals surface area contributed by atoms with Gasteiger partial charge in [0.25, 0.3) is 0 Å². The van der Waals surface area contributed by atoms with Crippen molar-refractivity contribution in [1.82, 2.24) is 0 Å². The van der Waals surface area contributed by atoms with E-state index in [-0.39, 0.29) is 5.82 Å². The normalized spacial score (nSPS) is 10.0. The molecular weight excluding hydrogens is 217 g/mol. The second kappa shape index (κ2) is 5.34. The zero-order chi connectivity index (χ0) is 12.1. The third-order valence-electron chi connectivity index (χ3n) is 2.48. The van der Waals surface area contributed by atoms with Crippen LogP contribution in [0.1, 0.15) is 5.56 Å². The number of benzene rings is 2. The summed E-state index contributed by atoms with van der Waals surface area (Å²) in [5.74, 6) is 0.601. The Labute approximate surface area is 100 Å². The van der Waals surface area contributed by atoms with Crippen LogP contribution in [-0.2, 0) is 6.54 Å². The summed E-state index contributed by atoms with van der Waals surface area (Å²) < 4.78 is 18.0. The lowest BCUT2D eigenvalue weighted by Gasteiger charge is -2.07. The molecule has 3 heteroatoms. The van der Waals surface area contributed by atoms with Crippen LogP contribution in [0.3, 0.4) is 0 Å². The number of nitrogens with one attached hydrogen (secondary N) is 1. The van der Waals surface area contributed by atoms with E-state index in [0.717, 1.165) is 17.0 Å². The average Bonchev–Trinajstić information content (AvgIpc) is 2.37. The van der Waals surface area contributed by atoms with Gasteiger partial charge >= 0.3 is 0 Å². The Hall–Kier alpha value is -2.03. The molecule has 0 aliphatic heterocycles. The highest BCUT2D eigenvalue weighted by Crippen LogP contribution is 2.14. The van der Waals surface area contributed by atoms with Gasteiger partial charge in [0, 0.05) is 12.2 Å². The van der Waals surface area contributed by atoms with E-state index in [2.05, 4.69) is 5.32 Å². The topological polar surface area (TPSA) is 21.3 Å². The number of anilines is 1. The molecule has 17 heavy (non-hydrogen) atoms. The molecule has 0 fully saturated rings. The summed E-state index contributed by atoms with van der Waals surface area (Å²) in [6.45, 7) is 0.660. The van der Waals surface area contributed by atoms with Crippen molar-refractivity contribution in [2.45, 2.75) is 6.54 Å². The van der Waals surface area contributed by atoms with Crippen molar-refractivity contribution in [2.75, 3.05) is 12.4 Å². The van der Waals surface area contributed by atoms with Crippen molar-refractivity contribution in [3.05, 3.63) is 59.9 Å². The molecule has 2 nitrogen and oxygen atoms in total. The first-order valence-corrected chi connectivity index (χ1v) is 5.40. The van der Waals surface area contributed by atoms with Gasteiger partial charge in [0.2, 0.25) is 0 Å². The number of rotatable bonds is 4. The first-order chi connectivity index (χ1) is 8.28. The standard InChI is InChI=1S/C14H14FNO/c1-17-14-7-5-11(6-8-14)10-16-13-4-2-3-12(15)9-13/h2-9,16H,10H2,1H3. The van der Waals surface area contributed by atoms with Gasteiger partial charge in [0.05, 0.1) is 7.11 Å². The minimum atomic E-state index is -0.232. The highest BCUT2D eigenvalue weighted by atomic mass is 19.1. The zero-order valence-electron chi connectivity index (χ0n) is 9.61.